The molecule has 2 aromatic heterocycles. The molecule has 8 heteroatoms. The van der Waals surface area contributed by atoms with Crippen LogP contribution in [0.4, 0.5) is 0 Å². The highest BCUT2D eigenvalue weighted by atomic mass is 35.5. The molecule has 0 bridgehead atoms. The minimum atomic E-state index is -0.215. The van der Waals surface area contributed by atoms with Crippen molar-refractivity contribution in [3.63, 3.8) is 0 Å². The fraction of sp³-hybridized carbons (Fsp3) is 0.538. The smallest absolute Gasteiger partial charge is 0.267 e. The van der Waals surface area contributed by atoms with E-state index in [0.717, 1.165) is 29.3 Å². The lowest BCUT2D eigenvalue weighted by Gasteiger charge is -2.10. The molecule has 0 saturated heterocycles. The topological polar surface area (TPSA) is 76.5 Å². The van der Waals surface area contributed by atoms with Crippen molar-refractivity contribution in [2.75, 3.05) is 0 Å². The van der Waals surface area contributed by atoms with Gasteiger partial charge in [-0.1, -0.05) is 11.6 Å². The van der Waals surface area contributed by atoms with Crippen LogP contribution in [0.2, 0.25) is 5.15 Å². The van der Waals surface area contributed by atoms with Crippen molar-refractivity contribution in [1.29, 1.82) is 0 Å². The van der Waals surface area contributed by atoms with Crippen molar-refractivity contribution in [1.82, 2.24) is 24.7 Å². The highest BCUT2D eigenvalue weighted by Crippen LogP contribution is 2.40. The average Bonchev–Trinajstić information content (AvgIpc) is 3.19. The van der Waals surface area contributed by atoms with Crippen LogP contribution in [-0.2, 0) is 0 Å². The number of rotatable bonds is 4. The maximum atomic E-state index is 11.8. The summed E-state index contributed by atoms with van der Waals surface area (Å²) >= 11 is 7.55. The van der Waals surface area contributed by atoms with Crippen molar-refractivity contribution in [3.8, 4) is 0 Å². The minimum Gasteiger partial charge on any atom is -0.267 e. The molecule has 1 aliphatic carbocycles. The molecular weight excluding hydrogens is 310 g/mol. The number of H-pyrrole nitrogens is 1. The van der Waals surface area contributed by atoms with Crippen molar-refractivity contribution >= 4 is 23.4 Å². The van der Waals surface area contributed by atoms with Gasteiger partial charge in [0.25, 0.3) is 0 Å². The summed E-state index contributed by atoms with van der Waals surface area (Å²) in [5.41, 5.74) is 0.601. The molecule has 0 spiro atoms. The zero-order valence-corrected chi connectivity index (χ0v) is 13.6. The van der Waals surface area contributed by atoms with E-state index in [1.54, 1.807) is 4.57 Å². The van der Waals surface area contributed by atoms with Gasteiger partial charge in [-0.25, -0.2) is 19.9 Å². The molecule has 1 fully saturated rings. The molecule has 112 valence electrons. The van der Waals surface area contributed by atoms with Gasteiger partial charge in [0.15, 0.2) is 5.16 Å². The number of nitrogens with one attached hydrogen (secondary N) is 1. The molecule has 2 aromatic rings. The molecule has 2 heterocycles. The number of nitrogens with zero attached hydrogens (tertiary/aromatic N) is 4. The van der Waals surface area contributed by atoms with Gasteiger partial charge >= 0.3 is 5.69 Å². The third-order valence-electron chi connectivity index (χ3n) is 3.38. The van der Waals surface area contributed by atoms with Gasteiger partial charge < -0.3 is 0 Å². The Morgan fingerprint density at radius 2 is 2.10 bits per heavy atom. The molecule has 0 radical (unpaired) electrons. The molecule has 0 aromatic carbocycles. The van der Waals surface area contributed by atoms with Crippen LogP contribution in [0.25, 0.3) is 0 Å². The quantitative estimate of drug-likeness (QED) is 0.875. The molecule has 1 N–H and O–H groups in total. The Balaban J connectivity index is 2.00. The van der Waals surface area contributed by atoms with E-state index in [9.17, 15) is 4.79 Å². The minimum absolute atomic E-state index is 0.0271. The zero-order valence-electron chi connectivity index (χ0n) is 12.1. The molecule has 0 unspecified atom stereocenters. The van der Waals surface area contributed by atoms with Gasteiger partial charge in [0.2, 0.25) is 0 Å². The Labute approximate surface area is 131 Å². The molecular formula is C13H16ClN5OS. The zero-order chi connectivity index (χ0) is 15.1. The summed E-state index contributed by atoms with van der Waals surface area (Å²) in [6, 6.07) is 0.0271. The Morgan fingerprint density at radius 1 is 1.38 bits per heavy atom. The fourth-order valence-corrected chi connectivity index (χ4v) is 3.29. The van der Waals surface area contributed by atoms with E-state index < -0.39 is 0 Å². The van der Waals surface area contributed by atoms with Crippen molar-refractivity contribution < 1.29 is 0 Å². The highest BCUT2D eigenvalue weighted by Gasteiger charge is 2.28. The molecule has 0 amide bonds. The summed E-state index contributed by atoms with van der Waals surface area (Å²) in [6.07, 6.45) is 2.23. The van der Waals surface area contributed by atoms with E-state index in [-0.39, 0.29) is 11.7 Å². The lowest BCUT2D eigenvalue weighted by atomic mass is 10.3. The second-order valence-electron chi connectivity index (χ2n) is 5.45. The molecule has 1 aliphatic rings. The normalized spacial score (nSPS) is 14.9. The van der Waals surface area contributed by atoms with Crippen molar-refractivity contribution in [2.24, 2.45) is 0 Å². The van der Waals surface area contributed by atoms with Crippen LogP contribution in [0, 0.1) is 6.92 Å². The first-order valence-corrected chi connectivity index (χ1v) is 8.05. The molecule has 21 heavy (non-hydrogen) atoms. The molecule has 0 aliphatic heterocycles. The first kappa shape index (κ1) is 14.6. The monoisotopic (exact) mass is 325 g/mol. The van der Waals surface area contributed by atoms with Crippen LogP contribution >= 0.6 is 23.4 Å². The van der Waals surface area contributed by atoms with E-state index in [1.807, 2.05) is 20.8 Å². The van der Waals surface area contributed by atoms with Crippen LogP contribution in [0.1, 0.15) is 50.0 Å². The summed E-state index contributed by atoms with van der Waals surface area (Å²) < 4.78 is 1.61. The van der Waals surface area contributed by atoms with E-state index in [0.29, 0.717) is 16.2 Å². The Morgan fingerprint density at radius 3 is 2.71 bits per heavy atom. The largest absolute Gasteiger partial charge is 0.344 e. The van der Waals surface area contributed by atoms with Gasteiger partial charge in [-0.3, -0.25) is 4.57 Å². The maximum absolute atomic E-state index is 11.8. The van der Waals surface area contributed by atoms with Crippen LogP contribution in [0.3, 0.4) is 0 Å². The number of hydrogen-bond donors (Lipinski definition) is 1. The van der Waals surface area contributed by atoms with Crippen molar-refractivity contribution in [3.05, 3.63) is 27.0 Å². The number of hydrogen-bond acceptors (Lipinski definition) is 5. The SMILES string of the molecule is Cc1c(Cl)nc(C2CC2)nc1Sc1n[nH]c(=O)n1C(C)C. The van der Waals surface area contributed by atoms with E-state index in [4.69, 9.17) is 11.6 Å². The summed E-state index contributed by atoms with van der Waals surface area (Å²) in [5, 5.41) is 8.39. The maximum Gasteiger partial charge on any atom is 0.344 e. The number of aromatic nitrogens is 5. The summed E-state index contributed by atoms with van der Waals surface area (Å²) in [7, 11) is 0. The van der Waals surface area contributed by atoms with Gasteiger partial charge in [-0.15, -0.1) is 5.10 Å². The number of aromatic amines is 1. The van der Waals surface area contributed by atoms with E-state index in [2.05, 4.69) is 20.2 Å². The van der Waals surface area contributed by atoms with Gasteiger partial charge in [0.05, 0.1) is 0 Å². The Hall–Kier alpha value is -1.34. The first-order chi connectivity index (χ1) is 9.97. The van der Waals surface area contributed by atoms with E-state index >= 15 is 0 Å². The van der Waals surface area contributed by atoms with Gasteiger partial charge in [0.1, 0.15) is 16.0 Å². The molecule has 3 rings (SSSR count). The average molecular weight is 326 g/mol. The lowest BCUT2D eigenvalue weighted by molar-refractivity contribution is 0.533. The van der Waals surface area contributed by atoms with Crippen LogP contribution < -0.4 is 5.69 Å². The highest BCUT2D eigenvalue weighted by molar-refractivity contribution is 7.99. The fourth-order valence-electron chi connectivity index (χ4n) is 2.01. The third kappa shape index (κ3) is 2.85. The second kappa shape index (κ2) is 5.46. The lowest BCUT2D eigenvalue weighted by Crippen LogP contribution is -2.19. The van der Waals surface area contributed by atoms with Crippen LogP contribution in [-0.4, -0.2) is 24.7 Å². The summed E-state index contributed by atoms with van der Waals surface area (Å²) in [4.78, 5) is 20.7. The van der Waals surface area contributed by atoms with Crippen molar-refractivity contribution in [2.45, 2.75) is 55.8 Å². The molecule has 6 nitrogen and oxygen atoms in total. The Kier molecular flexibility index (Phi) is 3.79. The standard InChI is InChI=1S/C13H16ClN5OS/c1-6(2)19-12(20)17-18-13(19)21-11-7(3)9(14)15-10(16-11)8-4-5-8/h6,8H,4-5H2,1-3H3,(H,17,20). The summed E-state index contributed by atoms with van der Waals surface area (Å²) in [6.45, 7) is 5.76. The molecule has 1 saturated carbocycles. The number of halogens is 1. The van der Waals surface area contributed by atoms with E-state index in [1.165, 1.54) is 11.8 Å². The molecule has 0 atom stereocenters. The third-order valence-corrected chi connectivity index (χ3v) is 4.81. The van der Waals surface area contributed by atoms with Crippen LogP contribution in [0.5, 0.6) is 0 Å². The Bertz CT molecular complexity index is 735. The summed E-state index contributed by atoms with van der Waals surface area (Å²) in [5.74, 6) is 1.22. The van der Waals surface area contributed by atoms with Gasteiger partial charge in [-0.2, -0.15) is 0 Å². The predicted molar refractivity (Wildman–Crippen MR) is 81.1 cm³/mol. The predicted octanol–water partition coefficient (Wildman–Crippen LogP) is 2.93. The van der Waals surface area contributed by atoms with Gasteiger partial charge in [0, 0.05) is 17.5 Å². The van der Waals surface area contributed by atoms with Crippen LogP contribution in [0.15, 0.2) is 15.0 Å². The van der Waals surface area contributed by atoms with Gasteiger partial charge in [-0.05, 0) is 45.4 Å². The first-order valence-electron chi connectivity index (χ1n) is 6.86. The second-order valence-corrected chi connectivity index (χ2v) is 6.77.